The quantitative estimate of drug-likeness (QED) is 0.0979. The van der Waals surface area contributed by atoms with Gasteiger partial charge in [-0.2, -0.15) is 0 Å². The Hall–Kier alpha value is -19.9. The zero-order valence-corrected chi connectivity index (χ0v) is 82.1. The lowest BCUT2D eigenvalue weighted by atomic mass is 9.97. The van der Waals surface area contributed by atoms with Crippen molar-refractivity contribution >= 4 is 131 Å². The number of rotatable bonds is 15. The summed E-state index contributed by atoms with van der Waals surface area (Å²) >= 11 is 0. The van der Waals surface area contributed by atoms with Crippen LogP contribution in [-0.2, 0) is 0 Å². The Kier molecular flexibility index (Phi) is 21.9. The maximum Gasteiger partial charge on any atom is 0.0547 e. The minimum atomic E-state index is 1.15. The molecule has 0 saturated carbocycles. The van der Waals surface area contributed by atoms with Crippen LogP contribution in [0.25, 0.3) is 265 Å². The first-order valence-corrected chi connectivity index (χ1v) is 51.6. The molecule has 6 heteroatoms. The maximum atomic E-state index is 2.42. The molecule has 0 atom stereocenters. The summed E-state index contributed by atoms with van der Waals surface area (Å²) in [6, 6.07) is 211. The second-order valence-corrected chi connectivity index (χ2v) is 38.9. The van der Waals surface area contributed by atoms with Gasteiger partial charge in [-0.25, -0.2) is 0 Å². The molecular weight excluding hydrogens is 1810 g/mol. The Balaban J connectivity index is 0.000000108. The fourth-order valence-electron chi connectivity index (χ4n) is 23.4. The highest BCUT2D eigenvalue weighted by atomic mass is 15.0. The molecule has 6 nitrogen and oxygen atoms in total. The van der Waals surface area contributed by atoms with E-state index in [9.17, 15) is 0 Å². The zero-order valence-electron chi connectivity index (χ0n) is 82.1. The van der Waals surface area contributed by atoms with Gasteiger partial charge in [0, 0.05) is 98.8 Å². The number of benzene rings is 24. The smallest absolute Gasteiger partial charge is 0.0547 e. The molecule has 0 aliphatic rings. The molecule has 0 aliphatic carbocycles. The van der Waals surface area contributed by atoms with Gasteiger partial charge in [0.15, 0.2) is 0 Å². The summed E-state index contributed by atoms with van der Waals surface area (Å²) in [6.07, 6.45) is 0. The average Bonchev–Trinajstić information content (AvgIpc) is 1.58. The van der Waals surface area contributed by atoms with Gasteiger partial charge in [0.25, 0.3) is 0 Å². The number of hydrogen-bond donors (Lipinski definition) is 0. The second kappa shape index (κ2) is 37.4. The Morgan fingerprint density at radius 3 is 0.620 bits per heavy atom. The molecule has 6 aromatic heterocycles. The molecule has 0 unspecified atom stereocenters. The molecule has 0 amide bonds. The minimum Gasteiger partial charge on any atom is -0.309 e. The molecule has 30 aromatic rings. The fraction of sp³-hybridized carbons (Fsp3) is 0. The molecule has 0 radical (unpaired) electrons. The predicted octanol–water partition coefficient (Wildman–Crippen LogP) is 38.6. The van der Waals surface area contributed by atoms with Crippen molar-refractivity contribution in [2.45, 2.75) is 0 Å². The Morgan fingerprint density at radius 2 is 0.280 bits per heavy atom. The van der Waals surface area contributed by atoms with Gasteiger partial charge in [0.05, 0.1) is 66.2 Å². The Labute approximate surface area is 868 Å². The summed E-state index contributed by atoms with van der Waals surface area (Å²) < 4.78 is 14.4. The SMILES string of the molecule is c1ccc(-c2ccc(-n3c4ccc(-c5ccc6c(c5)c5ccccc5n6-c5ccccc5)cc4c4ccc(-c5ccccc5)cc43)cc2)cc1.c1ccc(-c2ccc(-n3c4ccccc4c4cc(-c5ccc6c(c5)c5c(-c7ccccc7)cccc5n6-c5ccccc5)ccc43)cc2)cc1.c1ccc(-c2cccc(-n3c4ccccc4c4cc(-c5ccc6c(c5)c5c(-c7ccccc7)cccc5n6-c5ccccc5)ccc43)c2)cc1. The normalized spacial score (nSPS) is 11.6. The van der Waals surface area contributed by atoms with E-state index in [4.69, 9.17) is 0 Å². The molecule has 0 spiro atoms. The topological polar surface area (TPSA) is 29.6 Å². The lowest BCUT2D eigenvalue weighted by molar-refractivity contribution is 1.18. The van der Waals surface area contributed by atoms with E-state index >= 15 is 0 Å². The van der Waals surface area contributed by atoms with Crippen molar-refractivity contribution in [1.29, 1.82) is 0 Å². The minimum absolute atomic E-state index is 1.15. The standard InChI is InChI=1S/3C48H32N2/c1-4-14-33(15-5-1)35-18-12-21-39(30-35)50-44-24-11-10-22-41(44)42-31-36(26-28-45(42)50)37-27-29-46-43(32-37)48-40(34-16-6-2-7-17-34)23-13-25-47(48)49(46)38-19-8-3-9-20-38;1-4-13-33(14-5-1)34-23-27-39(28-24-34)49-44-21-11-10-19-41(44)42-31-36(25-29-45(42)49)37-26-30-46-43(32-37)48-40(35-15-6-2-7-16-35)20-12-22-47(48)50(46)38-17-8-3-9-18-38;1-4-12-33(13-5-1)35-20-25-40(26-21-35)50-47-29-24-37(31-44(47)42-27-22-38(32-48(42)50)34-14-6-2-7-15-34)36-23-28-46-43(30-36)41-18-10-11-19-45(41)49(46)39-16-8-3-9-17-39/h3*1-32H. The van der Waals surface area contributed by atoms with Crippen LogP contribution in [0, 0.1) is 0 Å². The van der Waals surface area contributed by atoms with Crippen LogP contribution in [0.15, 0.2) is 582 Å². The predicted molar refractivity (Wildman–Crippen MR) is 634 cm³/mol. The van der Waals surface area contributed by atoms with E-state index in [0.717, 1.165) is 28.4 Å². The van der Waals surface area contributed by atoms with Crippen molar-refractivity contribution in [3.05, 3.63) is 582 Å². The third-order valence-electron chi connectivity index (χ3n) is 30.4. The van der Waals surface area contributed by atoms with Crippen LogP contribution in [0.2, 0.25) is 0 Å². The largest absolute Gasteiger partial charge is 0.309 e. The summed E-state index contributed by atoms with van der Waals surface area (Å²) in [6.45, 7) is 0. The van der Waals surface area contributed by atoms with Crippen LogP contribution < -0.4 is 0 Å². The van der Waals surface area contributed by atoms with E-state index < -0.39 is 0 Å². The van der Waals surface area contributed by atoms with Crippen LogP contribution in [-0.4, -0.2) is 27.4 Å². The summed E-state index contributed by atoms with van der Waals surface area (Å²) in [5.74, 6) is 0. The molecule has 0 saturated heterocycles. The first-order valence-electron chi connectivity index (χ1n) is 51.6. The molecule has 30 rings (SSSR count). The third kappa shape index (κ3) is 15.4. The molecule has 6 heterocycles. The Bertz CT molecular complexity index is 10400. The van der Waals surface area contributed by atoms with Crippen LogP contribution in [0.1, 0.15) is 0 Å². The van der Waals surface area contributed by atoms with E-state index in [-0.39, 0.29) is 0 Å². The Morgan fingerprint density at radius 1 is 0.0867 bits per heavy atom. The van der Waals surface area contributed by atoms with Crippen LogP contribution >= 0.6 is 0 Å². The van der Waals surface area contributed by atoms with Gasteiger partial charge in [0.2, 0.25) is 0 Å². The molecule has 0 aliphatic heterocycles. The van der Waals surface area contributed by atoms with E-state index in [1.54, 1.807) is 0 Å². The molecule has 702 valence electrons. The third-order valence-corrected chi connectivity index (χ3v) is 30.4. The first kappa shape index (κ1) is 87.8. The van der Waals surface area contributed by atoms with Gasteiger partial charge in [-0.3, -0.25) is 0 Å². The number of para-hydroxylation sites is 6. The van der Waals surface area contributed by atoms with E-state index in [1.807, 2.05) is 0 Å². The fourth-order valence-corrected chi connectivity index (χ4v) is 23.4. The van der Waals surface area contributed by atoms with Crippen molar-refractivity contribution in [2.75, 3.05) is 0 Å². The molecule has 0 N–H and O–H groups in total. The first-order chi connectivity index (χ1) is 74.4. The van der Waals surface area contributed by atoms with E-state index in [2.05, 4.69) is 610 Å². The molecule has 0 bridgehead atoms. The van der Waals surface area contributed by atoms with Gasteiger partial charge >= 0.3 is 0 Å². The van der Waals surface area contributed by atoms with Gasteiger partial charge in [0.1, 0.15) is 0 Å². The summed E-state index contributed by atoms with van der Waals surface area (Å²) in [7, 11) is 0. The number of hydrogen-bond acceptors (Lipinski definition) is 0. The highest BCUT2D eigenvalue weighted by Gasteiger charge is 2.25. The second-order valence-electron chi connectivity index (χ2n) is 38.9. The van der Waals surface area contributed by atoms with E-state index in [0.29, 0.717) is 0 Å². The highest BCUT2D eigenvalue weighted by molar-refractivity contribution is 6.21. The van der Waals surface area contributed by atoms with Gasteiger partial charge in [-0.15, -0.1) is 0 Å². The zero-order chi connectivity index (χ0) is 99.1. The van der Waals surface area contributed by atoms with Crippen molar-refractivity contribution < 1.29 is 0 Å². The monoisotopic (exact) mass is 1910 g/mol. The van der Waals surface area contributed by atoms with Crippen molar-refractivity contribution in [3.63, 3.8) is 0 Å². The average molecular weight is 1910 g/mol. The maximum absolute atomic E-state index is 2.42. The van der Waals surface area contributed by atoms with Crippen LogP contribution in [0.5, 0.6) is 0 Å². The van der Waals surface area contributed by atoms with Gasteiger partial charge < -0.3 is 27.4 Å². The van der Waals surface area contributed by atoms with Crippen molar-refractivity contribution in [1.82, 2.24) is 27.4 Å². The molecule has 0 fully saturated rings. The lowest BCUT2D eigenvalue weighted by Gasteiger charge is -2.11. The molecule has 24 aromatic carbocycles. The van der Waals surface area contributed by atoms with Gasteiger partial charge in [-0.1, -0.05) is 400 Å². The van der Waals surface area contributed by atoms with Crippen LogP contribution in [0.4, 0.5) is 0 Å². The van der Waals surface area contributed by atoms with Gasteiger partial charge in [-0.05, 0) is 282 Å². The number of aromatic nitrogens is 6. The van der Waals surface area contributed by atoms with E-state index in [1.165, 1.54) is 237 Å². The molecular formula is C144H96N6. The van der Waals surface area contributed by atoms with Crippen molar-refractivity contribution in [3.8, 4) is 134 Å². The summed E-state index contributed by atoms with van der Waals surface area (Å²) in [5, 5.41) is 15.1. The highest BCUT2D eigenvalue weighted by Crippen LogP contribution is 2.48. The summed E-state index contributed by atoms with van der Waals surface area (Å²) in [4.78, 5) is 0. The van der Waals surface area contributed by atoms with Crippen molar-refractivity contribution in [2.24, 2.45) is 0 Å². The lowest BCUT2D eigenvalue weighted by Crippen LogP contribution is -1.94. The summed E-state index contributed by atoms with van der Waals surface area (Å²) in [5.41, 5.74) is 43.4. The molecule has 150 heavy (non-hydrogen) atoms. The van der Waals surface area contributed by atoms with Crippen LogP contribution in [0.3, 0.4) is 0 Å². The number of fused-ring (bicyclic) bond motifs is 18. The number of nitrogens with zero attached hydrogens (tertiary/aromatic N) is 6.